The molecule has 2 rings (SSSR count). The number of hydrogen-bond donors (Lipinski definition) is 1. The molecule has 3 nitrogen and oxygen atoms in total. The van der Waals surface area contributed by atoms with Gasteiger partial charge in [0.15, 0.2) is 5.82 Å². The molecule has 5 heteroatoms. The predicted molar refractivity (Wildman–Crippen MR) is 79.6 cm³/mol. The molecule has 0 saturated heterocycles. The van der Waals surface area contributed by atoms with E-state index < -0.39 is 0 Å². The average Bonchev–Trinajstić information content (AvgIpc) is 2.73. The fourth-order valence-corrected chi connectivity index (χ4v) is 2.75. The van der Waals surface area contributed by atoms with E-state index in [4.69, 9.17) is 0 Å². The molecule has 0 aliphatic carbocycles. The number of rotatable bonds is 3. The largest absolute Gasteiger partial charge is 0.308 e. The van der Waals surface area contributed by atoms with Crippen LogP contribution in [0.2, 0.25) is 0 Å². The smallest absolute Gasteiger partial charge is 0.169 e. The Morgan fingerprint density at radius 1 is 1.28 bits per heavy atom. The van der Waals surface area contributed by atoms with Crippen LogP contribution in [0.1, 0.15) is 26.3 Å². The lowest BCUT2D eigenvalue weighted by Gasteiger charge is -2.20. The lowest BCUT2D eigenvalue weighted by Crippen LogP contribution is -2.35. The minimum absolute atomic E-state index is 0.108. The van der Waals surface area contributed by atoms with E-state index in [1.54, 1.807) is 11.3 Å². The third kappa shape index (κ3) is 3.86. The number of nitrogens with zero attached hydrogens (tertiary/aromatic N) is 2. The highest BCUT2D eigenvalue weighted by molar-refractivity contribution is 9.10. The second-order valence-electron chi connectivity index (χ2n) is 5.15. The zero-order valence-corrected chi connectivity index (χ0v) is 13.1. The van der Waals surface area contributed by atoms with Crippen LogP contribution in [0.15, 0.2) is 28.3 Å². The van der Waals surface area contributed by atoms with E-state index >= 15 is 0 Å². The fraction of sp³-hybridized carbons (Fsp3) is 0.385. The van der Waals surface area contributed by atoms with Gasteiger partial charge in [-0.3, -0.25) is 0 Å². The van der Waals surface area contributed by atoms with Crippen LogP contribution < -0.4 is 5.32 Å². The molecule has 2 aromatic rings. The van der Waals surface area contributed by atoms with Gasteiger partial charge in [0, 0.05) is 39.9 Å². The van der Waals surface area contributed by atoms with Gasteiger partial charge in [0.2, 0.25) is 0 Å². The van der Waals surface area contributed by atoms with E-state index in [1.165, 1.54) is 0 Å². The summed E-state index contributed by atoms with van der Waals surface area (Å²) in [6.07, 6.45) is 3.77. The predicted octanol–water partition coefficient (Wildman–Crippen LogP) is 3.86. The summed E-state index contributed by atoms with van der Waals surface area (Å²) in [5.74, 6) is 0.783. The van der Waals surface area contributed by atoms with Crippen LogP contribution in [0.5, 0.6) is 0 Å². The topological polar surface area (TPSA) is 37.8 Å². The molecule has 0 aliphatic heterocycles. The number of thiophene rings is 1. The van der Waals surface area contributed by atoms with Gasteiger partial charge in [-0.15, -0.1) is 11.3 Å². The number of nitrogens with one attached hydrogen (secondary N) is 1. The molecule has 96 valence electrons. The van der Waals surface area contributed by atoms with Crippen LogP contribution in [0.3, 0.4) is 0 Å². The number of hydrogen-bond acceptors (Lipinski definition) is 4. The molecular weight excluding hydrogens is 310 g/mol. The van der Waals surface area contributed by atoms with Gasteiger partial charge in [-0.2, -0.15) is 0 Å². The summed E-state index contributed by atoms with van der Waals surface area (Å²) in [6, 6.07) is 2.03. The Hall–Kier alpha value is -0.780. The summed E-state index contributed by atoms with van der Waals surface area (Å²) in [5.41, 5.74) is 1.21. The fourth-order valence-electron chi connectivity index (χ4n) is 1.37. The van der Waals surface area contributed by atoms with Crippen LogP contribution >= 0.6 is 27.3 Å². The van der Waals surface area contributed by atoms with E-state index in [9.17, 15) is 0 Å². The van der Waals surface area contributed by atoms with Gasteiger partial charge in [-0.25, -0.2) is 9.97 Å². The third-order valence-corrected chi connectivity index (χ3v) is 4.00. The van der Waals surface area contributed by atoms with E-state index in [0.29, 0.717) is 0 Å². The molecule has 0 fully saturated rings. The molecule has 2 aromatic heterocycles. The van der Waals surface area contributed by atoms with E-state index in [2.05, 4.69) is 52.0 Å². The number of halogens is 1. The molecule has 0 spiro atoms. The normalized spacial score (nSPS) is 11.8. The maximum Gasteiger partial charge on any atom is 0.169 e. The Morgan fingerprint density at radius 3 is 2.44 bits per heavy atom. The average molecular weight is 326 g/mol. The van der Waals surface area contributed by atoms with Crippen molar-refractivity contribution in [3.63, 3.8) is 0 Å². The van der Waals surface area contributed by atoms with Crippen molar-refractivity contribution in [2.45, 2.75) is 32.9 Å². The summed E-state index contributed by atoms with van der Waals surface area (Å²) in [7, 11) is 0. The molecule has 0 atom stereocenters. The third-order valence-electron chi connectivity index (χ3n) is 2.32. The lowest BCUT2D eigenvalue weighted by molar-refractivity contribution is 0.423. The van der Waals surface area contributed by atoms with Crippen molar-refractivity contribution >= 4 is 27.3 Å². The van der Waals surface area contributed by atoms with Gasteiger partial charge in [-0.1, -0.05) is 0 Å². The second kappa shape index (κ2) is 5.47. The first kappa shape index (κ1) is 13.6. The van der Waals surface area contributed by atoms with E-state index in [1.807, 2.05) is 23.8 Å². The molecule has 0 amide bonds. The van der Waals surface area contributed by atoms with Crippen molar-refractivity contribution in [3.8, 4) is 10.7 Å². The van der Waals surface area contributed by atoms with Crippen LogP contribution in [-0.4, -0.2) is 15.5 Å². The molecule has 0 saturated carbocycles. The van der Waals surface area contributed by atoms with Gasteiger partial charge >= 0.3 is 0 Å². The Bertz CT molecular complexity index is 514. The minimum Gasteiger partial charge on any atom is -0.308 e. The van der Waals surface area contributed by atoms with Crippen molar-refractivity contribution in [3.05, 3.63) is 33.9 Å². The molecule has 0 radical (unpaired) electrons. The molecule has 2 heterocycles. The lowest BCUT2D eigenvalue weighted by atomic mass is 10.1. The Morgan fingerprint density at radius 2 is 1.94 bits per heavy atom. The molecular formula is C13H16BrN3S. The first-order chi connectivity index (χ1) is 8.44. The van der Waals surface area contributed by atoms with Crippen molar-refractivity contribution in [2.75, 3.05) is 0 Å². The van der Waals surface area contributed by atoms with Gasteiger partial charge in [0.05, 0.1) is 4.88 Å². The summed E-state index contributed by atoms with van der Waals surface area (Å²) >= 11 is 5.07. The van der Waals surface area contributed by atoms with Gasteiger partial charge < -0.3 is 5.32 Å². The van der Waals surface area contributed by atoms with Crippen LogP contribution in [0.25, 0.3) is 10.7 Å². The van der Waals surface area contributed by atoms with Crippen molar-refractivity contribution in [1.29, 1.82) is 0 Å². The maximum absolute atomic E-state index is 4.40. The Kier molecular flexibility index (Phi) is 4.14. The molecule has 0 unspecified atom stereocenters. The monoisotopic (exact) mass is 325 g/mol. The van der Waals surface area contributed by atoms with E-state index in [0.717, 1.165) is 27.3 Å². The molecule has 0 aromatic carbocycles. The molecule has 18 heavy (non-hydrogen) atoms. The van der Waals surface area contributed by atoms with Gasteiger partial charge in [-0.05, 0) is 42.8 Å². The molecule has 0 bridgehead atoms. The van der Waals surface area contributed by atoms with Crippen LogP contribution in [0, 0.1) is 0 Å². The molecule has 1 N–H and O–H groups in total. The summed E-state index contributed by atoms with van der Waals surface area (Å²) < 4.78 is 1.07. The van der Waals surface area contributed by atoms with Crippen molar-refractivity contribution in [2.24, 2.45) is 0 Å². The number of aromatic nitrogens is 2. The Labute approximate surface area is 120 Å². The summed E-state index contributed by atoms with van der Waals surface area (Å²) in [4.78, 5) is 9.88. The maximum atomic E-state index is 4.40. The summed E-state index contributed by atoms with van der Waals surface area (Å²) in [5, 5.41) is 5.45. The minimum atomic E-state index is 0.108. The van der Waals surface area contributed by atoms with E-state index in [-0.39, 0.29) is 5.54 Å². The summed E-state index contributed by atoms with van der Waals surface area (Å²) in [6.45, 7) is 7.22. The second-order valence-corrected chi connectivity index (χ2v) is 6.97. The van der Waals surface area contributed by atoms with Crippen LogP contribution in [0.4, 0.5) is 0 Å². The molecule has 0 aliphatic rings. The van der Waals surface area contributed by atoms with Gasteiger partial charge in [0.25, 0.3) is 0 Å². The highest BCUT2D eigenvalue weighted by Crippen LogP contribution is 2.27. The van der Waals surface area contributed by atoms with Crippen LogP contribution in [-0.2, 0) is 6.54 Å². The van der Waals surface area contributed by atoms with Crippen molar-refractivity contribution < 1.29 is 0 Å². The quantitative estimate of drug-likeness (QED) is 0.931. The highest BCUT2D eigenvalue weighted by Gasteiger charge is 2.09. The van der Waals surface area contributed by atoms with Gasteiger partial charge in [0.1, 0.15) is 0 Å². The van der Waals surface area contributed by atoms with Crippen molar-refractivity contribution in [1.82, 2.24) is 15.3 Å². The standard InChI is InChI=1S/C13H16BrN3S/c1-13(2,3)17-7-9-5-15-12(16-6-9)11-4-10(14)8-18-11/h4-6,8,17H,7H2,1-3H3. The highest BCUT2D eigenvalue weighted by atomic mass is 79.9. The Balaban J connectivity index is 2.06. The zero-order valence-electron chi connectivity index (χ0n) is 10.7. The SMILES string of the molecule is CC(C)(C)NCc1cnc(-c2cc(Br)cs2)nc1. The zero-order chi connectivity index (χ0) is 13.2. The first-order valence-electron chi connectivity index (χ1n) is 5.74. The first-order valence-corrected chi connectivity index (χ1v) is 7.42.